The Hall–Kier alpha value is -0.870. The number of carbonyl (C=O) groups is 2. The Balaban J connectivity index is 2.49. The molecule has 0 aliphatic carbocycles. The van der Waals surface area contributed by atoms with Gasteiger partial charge in [-0.2, -0.15) is 0 Å². The van der Waals surface area contributed by atoms with E-state index in [0.29, 0.717) is 15.2 Å². The molecule has 1 heterocycles. The molecule has 0 radical (unpaired) electrons. The fraction of sp³-hybridized carbons (Fsp3) is 0.200. The minimum Gasteiger partial charge on any atom is -0.274 e. The number of nitrogens with zero attached hydrogens (tertiary/aromatic N) is 1. The van der Waals surface area contributed by atoms with Crippen LogP contribution >= 0.6 is 27.5 Å². The van der Waals surface area contributed by atoms with Crippen LogP contribution in [0.4, 0.5) is 5.69 Å². The maximum absolute atomic E-state index is 11.5. The molecule has 1 saturated heterocycles. The van der Waals surface area contributed by atoms with Crippen LogP contribution in [0.1, 0.15) is 12.8 Å². The molecular formula is C10H7BrClNO2. The first-order chi connectivity index (χ1) is 7.11. The Labute approximate surface area is 100 Å². The lowest BCUT2D eigenvalue weighted by atomic mass is 10.3. The molecule has 0 atom stereocenters. The van der Waals surface area contributed by atoms with Crippen LogP contribution in [0.3, 0.4) is 0 Å². The first kappa shape index (κ1) is 10.6. The number of carbonyl (C=O) groups excluding carboxylic acids is 2. The molecule has 0 spiro atoms. The van der Waals surface area contributed by atoms with Gasteiger partial charge in [0.1, 0.15) is 0 Å². The van der Waals surface area contributed by atoms with Crippen molar-refractivity contribution in [2.75, 3.05) is 4.90 Å². The Morgan fingerprint density at radius 2 is 1.80 bits per heavy atom. The standard InChI is InChI=1S/C10H7BrClNO2/c11-10-6(12)2-1-3-7(10)13-8(14)4-5-9(13)15/h1-3H,4-5H2. The fourth-order valence-electron chi connectivity index (χ4n) is 1.51. The number of benzene rings is 1. The molecular weight excluding hydrogens is 281 g/mol. The lowest BCUT2D eigenvalue weighted by Crippen LogP contribution is -2.28. The van der Waals surface area contributed by atoms with Crippen molar-refractivity contribution in [1.29, 1.82) is 0 Å². The van der Waals surface area contributed by atoms with Gasteiger partial charge in [-0.05, 0) is 28.1 Å². The number of anilines is 1. The molecule has 5 heteroatoms. The number of amides is 2. The quantitative estimate of drug-likeness (QED) is 0.745. The molecule has 2 amide bonds. The Kier molecular flexibility index (Phi) is 2.80. The molecule has 78 valence electrons. The van der Waals surface area contributed by atoms with E-state index < -0.39 is 0 Å². The SMILES string of the molecule is O=C1CCC(=O)N1c1cccc(Cl)c1Br. The van der Waals surface area contributed by atoms with E-state index >= 15 is 0 Å². The summed E-state index contributed by atoms with van der Waals surface area (Å²) in [5.41, 5.74) is 0.523. The zero-order valence-electron chi connectivity index (χ0n) is 7.67. The van der Waals surface area contributed by atoms with Crippen LogP contribution in [0.5, 0.6) is 0 Å². The third-order valence-electron chi connectivity index (χ3n) is 2.22. The molecule has 1 aliphatic rings. The second-order valence-electron chi connectivity index (χ2n) is 3.20. The van der Waals surface area contributed by atoms with Crippen LogP contribution in [0, 0.1) is 0 Å². The summed E-state index contributed by atoms with van der Waals surface area (Å²) in [6.07, 6.45) is 0.551. The summed E-state index contributed by atoms with van der Waals surface area (Å²) in [5, 5.41) is 0.486. The molecule has 0 aromatic heterocycles. The molecule has 3 nitrogen and oxygen atoms in total. The summed E-state index contributed by atoms with van der Waals surface area (Å²) in [6.45, 7) is 0. The third kappa shape index (κ3) is 1.79. The number of hydrogen-bond acceptors (Lipinski definition) is 2. The van der Waals surface area contributed by atoms with E-state index in [9.17, 15) is 9.59 Å². The molecule has 1 aromatic rings. The highest BCUT2D eigenvalue weighted by Gasteiger charge is 2.31. The molecule has 2 rings (SSSR count). The van der Waals surface area contributed by atoms with Crippen molar-refractivity contribution in [1.82, 2.24) is 0 Å². The summed E-state index contributed by atoms with van der Waals surface area (Å²) >= 11 is 9.16. The van der Waals surface area contributed by atoms with Crippen LogP contribution in [0.2, 0.25) is 5.02 Å². The topological polar surface area (TPSA) is 37.4 Å². The molecule has 1 fully saturated rings. The first-order valence-electron chi connectivity index (χ1n) is 4.41. The second-order valence-corrected chi connectivity index (χ2v) is 4.40. The van der Waals surface area contributed by atoms with Gasteiger partial charge in [-0.15, -0.1) is 0 Å². The van der Waals surface area contributed by atoms with Crippen molar-refractivity contribution >= 4 is 45.0 Å². The first-order valence-corrected chi connectivity index (χ1v) is 5.58. The van der Waals surface area contributed by atoms with Crippen LogP contribution in [0.25, 0.3) is 0 Å². The number of halogens is 2. The van der Waals surface area contributed by atoms with E-state index in [1.807, 2.05) is 0 Å². The van der Waals surface area contributed by atoms with Gasteiger partial charge in [0.2, 0.25) is 11.8 Å². The van der Waals surface area contributed by atoms with E-state index in [1.165, 1.54) is 4.90 Å². The summed E-state index contributed by atoms with van der Waals surface area (Å²) < 4.78 is 0.579. The Bertz CT molecular complexity index is 431. The van der Waals surface area contributed by atoms with Crippen LogP contribution in [0.15, 0.2) is 22.7 Å². The molecule has 0 N–H and O–H groups in total. The van der Waals surface area contributed by atoms with Gasteiger partial charge in [-0.25, -0.2) is 4.90 Å². The van der Waals surface area contributed by atoms with Crippen molar-refractivity contribution in [3.05, 3.63) is 27.7 Å². The van der Waals surface area contributed by atoms with Gasteiger partial charge < -0.3 is 0 Å². The average Bonchev–Trinajstić information content (AvgIpc) is 2.52. The second kappa shape index (κ2) is 3.94. The summed E-state index contributed by atoms with van der Waals surface area (Å²) in [4.78, 5) is 24.2. The van der Waals surface area contributed by atoms with E-state index in [4.69, 9.17) is 11.6 Å². The fourth-order valence-corrected chi connectivity index (χ4v) is 2.12. The third-order valence-corrected chi connectivity index (χ3v) is 3.60. The van der Waals surface area contributed by atoms with Gasteiger partial charge >= 0.3 is 0 Å². The Morgan fingerprint density at radius 1 is 1.20 bits per heavy atom. The van der Waals surface area contributed by atoms with Crippen LogP contribution < -0.4 is 4.90 Å². The maximum atomic E-state index is 11.5. The van der Waals surface area contributed by atoms with Crippen LogP contribution in [-0.4, -0.2) is 11.8 Å². The summed E-state index contributed by atoms with van der Waals surface area (Å²) in [7, 11) is 0. The molecule has 1 aliphatic heterocycles. The van der Waals surface area contributed by atoms with Gasteiger partial charge in [0.05, 0.1) is 15.2 Å². The average molecular weight is 289 g/mol. The minimum atomic E-state index is -0.178. The van der Waals surface area contributed by atoms with Gasteiger partial charge in [-0.1, -0.05) is 17.7 Å². The zero-order valence-corrected chi connectivity index (χ0v) is 10.0. The monoisotopic (exact) mass is 287 g/mol. The smallest absolute Gasteiger partial charge is 0.234 e. The molecule has 0 saturated carbocycles. The highest BCUT2D eigenvalue weighted by molar-refractivity contribution is 9.10. The van der Waals surface area contributed by atoms with Crippen molar-refractivity contribution in [2.24, 2.45) is 0 Å². The highest BCUT2D eigenvalue weighted by Crippen LogP contribution is 2.35. The van der Waals surface area contributed by atoms with Gasteiger partial charge in [0.15, 0.2) is 0 Å². The summed E-state index contributed by atoms with van der Waals surface area (Å²) in [5.74, 6) is -0.356. The van der Waals surface area contributed by atoms with Gasteiger partial charge in [-0.3, -0.25) is 9.59 Å². The number of rotatable bonds is 1. The van der Waals surface area contributed by atoms with Crippen molar-refractivity contribution in [2.45, 2.75) is 12.8 Å². The summed E-state index contributed by atoms with van der Waals surface area (Å²) in [6, 6.07) is 5.10. The maximum Gasteiger partial charge on any atom is 0.234 e. The number of imide groups is 1. The van der Waals surface area contributed by atoms with E-state index in [0.717, 1.165) is 0 Å². The van der Waals surface area contributed by atoms with E-state index in [1.54, 1.807) is 18.2 Å². The van der Waals surface area contributed by atoms with E-state index in [2.05, 4.69) is 15.9 Å². The Morgan fingerprint density at radius 3 is 2.40 bits per heavy atom. The highest BCUT2D eigenvalue weighted by atomic mass is 79.9. The van der Waals surface area contributed by atoms with Crippen LogP contribution in [-0.2, 0) is 9.59 Å². The van der Waals surface area contributed by atoms with Crippen molar-refractivity contribution in [3.8, 4) is 0 Å². The minimum absolute atomic E-state index is 0.178. The molecule has 15 heavy (non-hydrogen) atoms. The normalized spacial score (nSPS) is 16.3. The predicted molar refractivity (Wildman–Crippen MR) is 60.9 cm³/mol. The zero-order chi connectivity index (χ0) is 11.0. The largest absolute Gasteiger partial charge is 0.274 e. The van der Waals surface area contributed by atoms with E-state index in [-0.39, 0.29) is 24.7 Å². The van der Waals surface area contributed by atoms with Gasteiger partial charge in [0.25, 0.3) is 0 Å². The molecule has 0 bridgehead atoms. The predicted octanol–water partition coefficient (Wildman–Crippen LogP) is 2.76. The van der Waals surface area contributed by atoms with Crippen molar-refractivity contribution in [3.63, 3.8) is 0 Å². The number of hydrogen-bond donors (Lipinski definition) is 0. The van der Waals surface area contributed by atoms with Gasteiger partial charge in [0, 0.05) is 12.8 Å². The molecule has 0 unspecified atom stereocenters. The van der Waals surface area contributed by atoms with Crippen molar-refractivity contribution < 1.29 is 9.59 Å². The lowest BCUT2D eigenvalue weighted by Gasteiger charge is -2.15. The lowest BCUT2D eigenvalue weighted by molar-refractivity contribution is -0.121. The molecule has 1 aromatic carbocycles.